The number of amides is 1. The number of nitrogens with zero attached hydrogens (tertiary/aromatic N) is 1. The second kappa shape index (κ2) is 7.11. The van der Waals surface area contributed by atoms with Gasteiger partial charge >= 0.3 is 0 Å². The molecule has 0 heterocycles. The Morgan fingerprint density at radius 2 is 2.22 bits per heavy atom. The molecule has 1 atom stereocenters. The first kappa shape index (κ1) is 14.6. The molecule has 0 saturated heterocycles. The van der Waals surface area contributed by atoms with Gasteiger partial charge in [-0.2, -0.15) is 0 Å². The largest absolute Gasteiger partial charge is 0.330 e. The van der Waals surface area contributed by atoms with Crippen LogP contribution >= 0.6 is 0 Å². The van der Waals surface area contributed by atoms with Crippen molar-refractivity contribution in [3.05, 3.63) is 30.1 Å². The van der Waals surface area contributed by atoms with E-state index >= 15 is 0 Å². The van der Waals surface area contributed by atoms with E-state index in [1.165, 1.54) is 12.1 Å². The van der Waals surface area contributed by atoms with Crippen LogP contribution in [0, 0.1) is 11.7 Å². The SMILES string of the molecule is CCC(C)C(=O)N(CCCN)c1cccc(F)c1. The molecule has 18 heavy (non-hydrogen) atoms. The molecule has 1 aromatic carbocycles. The summed E-state index contributed by atoms with van der Waals surface area (Å²) in [6.07, 6.45) is 1.48. The molecule has 0 fully saturated rings. The van der Waals surface area contributed by atoms with Gasteiger partial charge in [-0.25, -0.2) is 4.39 Å². The Hall–Kier alpha value is -1.42. The van der Waals surface area contributed by atoms with Crippen molar-refractivity contribution in [2.45, 2.75) is 26.7 Å². The topological polar surface area (TPSA) is 46.3 Å². The van der Waals surface area contributed by atoms with Crippen LogP contribution in [0.1, 0.15) is 26.7 Å². The molecule has 0 saturated carbocycles. The molecule has 0 spiro atoms. The van der Waals surface area contributed by atoms with Gasteiger partial charge in [0.2, 0.25) is 5.91 Å². The van der Waals surface area contributed by atoms with E-state index < -0.39 is 0 Å². The molecular formula is C14H21FN2O. The van der Waals surface area contributed by atoms with Crippen LogP contribution in [-0.4, -0.2) is 19.0 Å². The van der Waals surface area contributed by atoms with Crippen molar-refractivity contribution in [1.82, 2.24) is 0 Å². The maximum Gasteiger partial charge on any atom is 0.229 e. The van der Waals surface area contributed by atoms with Gasteiger partial charge in [0, 0.05) is 18.2 Å². The van der Waals surface area contributed by atoms with Crippen molar-refractivity contribution in [1.29, 1.82) is 0 Å². The Bertz CT molecular complexity index is 395. The summed E-state index contributed by atoms with van der Waals surface area (Å²) in [4.78, 5) is 13.9. The summed E-state index contributed by atoms with van der Waals surface area (Å²) in [7, 11) is 0. The fraction of sp³-hybridized carbons (Fsp3) is 0.500. The summed E-state index contributed by atoms with van der Waals surface area (Å²) in [5.41, 5.74) is 6.09. The smallest absolute Gasteiger partial charge is 0.229 e. The molecule has 1 rings (SSSR count). The number of carbonyl (C=O) groups is 1. The predicted molar refractivity (Wildman–Crippen MR) is 71.9 cm³/mol. The Morgan fingerprint density at radius 3 is 2.78 bits per heavy atom. The lowest BCUT2D eigenvalue weighted by molar-refractivity contribution is -0.122. The average molecular weight is 252 g/mol. The van der Waals surface area contributed by atoms with Crippen molar-refractivity contribution in [3.63, 3.8) is 0 Å². The third kappa shape index (κ3) is 3.81. The lowest BCUT2D eigenvalue weighted by Gasteiger charge is -2.25. The Balaban J connectivity index is 2.93. The van der Waals surface area contributed by atoms with Gasteiger partial charge in [-0.3, -0.25) is 4.79 Å². The molecule has 1 unspecified atom stereocenters. The van der Waals surface area contributed by atoms with E-state index in [9.17, 15) is 9.18 Å². The van der Waals surface area contributed by atoms with Crippen LogP contribution < -0.4 is 10.6 Å². The highest BCUT2D eigenvalue weighted by atomic mass is 19.1. The fourth-order valence-corrected chi connectivity index (χ4v) is 1.70. The van der Waals surface area contributed by atoms with Gasteiger partial charge in [0.05, 0.1) is 0 Å². The number of benzene rings is 1. The first-order chi connectivity index (χ1) is 8.60. The van der Waals surface area contributed by atoms with Gasteiger partial charge in [-0.15, -0.1) is 0 Å². The summed E-state index contributed by atoms with van der Waals surface area (Å²) in [6.45, 7) is 4.90. The third-order valence-corrected chi connectivity index (χ3v) is 3.01. The molecule has 0 aliphatic heterocycles. The number of rotatable bonds is 6. The third-order valence-electron chi connectivity index (χ3n) is 3.01. The number of halogens is 1. The number of hydrogen-bond acceptors (Lipinski definition) is 2. The standard InChI is InChI=1S/C14H21FN2O/c1-3-11(2)14(18)17(9-5-8-16)13-7-4-6-12(15)10-13/h4,6-7,10-11H,3,5,8-9,16H2,1-2H3. The Morgan fingerprint density at radius 1 is 1.50 bits per heavy atom. The summed E-state index contributed by atoms with van der Waals surface area (Å²) in [5.74, 6) is -0.371. The lowest BCUT2D eigenvalue weighted by atomic mass is 10.1. The Labute approximate surface area is 108 Å². The molecule has 0 aromatic heterocycles. The van der Waals surface area contributed by atoms with Gasteiger partial charge in [0.25, 0.3) is 0 Å². The molecule has 3 nitrogen and oxygen atoms in total. The second-order valence-corrected chi connectivity index (χ2v) is 4.42. The second-order valence-electron chi connectivity index (χ2n) is 4.42. The summed E-state index contributed by atoms with van der Waals surface area (Å²) < 4.78 is 13.2. The molecule has 0 aliphatic rings. The van der Waals surface area contributed by atoms with Crippen LogP contribution in [0.25, 0.3) is 0 Å². The molecule has 4 heteroatoms. The first-order valence-corrected chi connectivity index (χ1v) is 6.37. The van der Waals surface area contributed by atoms with Crippen LogP contribution in [-0.2, 0) is 4.79 Å². The minimum absolute atomic E-state index is 0.0246. The van der Waals surface area contributed by atoms with Crippen LogP contribution in [0.5, 0.6) is 0 Å². The number of anilines is 1. The van der Waals surface area contributed by atoms with Crippen LogP contribution in [0.2, 0.25) is 0 Å². The summed E-state index contributed by atoms with van der Waals surface area (Å²) in [5, 5.41) is 0. The van der Waals surface area contributed by atoms with E-state index in [1.54, 1.807) is 17.0 Å². The first-order valence-electron chi connectivity index (χ1n) is 6.37. The molecular weight excluding hydrogens is 231 g/mol. The van der Waals surface area contributed by atoms with Gasteiger partial charge in [-0.05, 0) is 37.6 Å². The van der Waals surface area contributed by atoms with Crippen LogP contribution in [0.3, 0.4) is 0 Å². The van der Waals surface area contributed by atoms with Crippen molar-refractivity contribution < 1.29 is 9.18 Å². The van der Waals surface area contributed by atoms with Crippen molar-refractivity contribution in [2.75, 3.05) is 18.0 Å². The molecule has 2 N–H and O–H groups in total. The average Bonchev–Trinajstić information content (AvgIpc) is 2.38. The molecule has 1 amide bonds. The summed E-state index contributed by atoms with van der Waals surface area (Å²) >= 11 is 0. The quantitative estimate of drug-likeness (QED) is 0.845. The van der Waals surface area contributed by atoms with E-state index in [0.29, 0.717) is 25.2 Å². The zero-order valence-corrected chi connectivity index (χ0v) is 11.0. The van der Waals surface area contributed by atoms with E-state index in [-0.39, 0.29) is 17.6 Å². The maximum atomic E-state index is 13.2. The molecule has 0 radical (unpaired) electrons. The number of carbonyl (C=O) groups excluding carboxylic acids is 1. The fourth-order valence-electron chi connectivity index (χ4n) is 1.70. The zero-order chi connectivity index (χ0) is 13.5. The van der Waals surface area contributed by atoms with E-state index in [2.05, 4.69) is 0 Å². The monoisotopic (exact) mass is 252 g/mol. The van der Waals surface area contributed by atoms with Crippen molar-refractivity contribution in [3.8, 4) is 0 Å². The molecule has 0 bridgehead atoms. The van der Waals surface area contributed by atoms with Crippen LogP contribution in [0.4, 0.5) is 10.1 Å². The number of nitrogens with two attached hydrogens (primary N) is 1. The van der Waals surface area contributed by atoms with Crippen molar-refractivity contribution in [2.24, 2.45) is 11.7 Å². The number of hydrogen-bond donors (Lipinski definition) is 1. The van der Waals surface area contributed by atoms with E-state index in [0.717, 1.165) is 6.42 Å². The van der Waals surface area contributed by atoms with E-state index in [1.807, 2.05) is 13.8 Å². The molecule has 100 valence electrons. The lowest BCUT2D eigenvalue weighted by Crippen LogP contribution is -2.36. The predicted octanol–water partition coefficient (Wildman–Crippen LogP) is 2.55. The van der Waals surface area contributed by atoms with Gasteiger partial charge in [0.15, 0.2) is 0 Å². The Kier molecular flexibility index (Phi) is 5.78. The maximum absolute atomic E-state index is 13.2. The minimum atomic E-state index is -0.331. The van der Waals surface area contributed by atoms with E-state index in [4.69, 9.17) is 5.73 Å². The van der Waals surface area contributed by atoms with Crippen LogP contribution in [0.15, 0.2) is 24.3 Å². The summed E-state index contributed by atoms with van der Waals surface area (Å²) in [6, 6.07) is 6.12. The molecule has 1 aromatic rings. The highest BCUT2D eigenvalue weighted by Gasteiger charge is 2.20. The highest BCUT2D eigenvalue weighted by Crippen LogP contribution is 2.19. The zero-order valence-electron chi connectivity index (χ0n) is 11.0. The van der Waals surface area contributed by atoms with Gasteiger partial charge in [0.1, 0.15) is 5.82 Å². The van der Waals surface area contributed by atoms with Gasteiger partial charge < -0.3 is 10.6 Å². The molecule has 0 aliphatic carbocycles. The van der Waals surface area contributed by atoms with Gasteiger partial charge in [-0.1, -0.05) is 19.9 Å². The highest BCUT2D eigenvalue weighted by molar-refractivity contribution is 5.94. The van der Waals surface area contributed by atoms with Crippen molar-refractivity contribution >= 4 is 11.6 Å². The minimum Gasteiger partial charge on any atom is -0.330 e. The normalized spacial score (nSPS) is 12.2.